The number of rotatable bonds is 15. The molecule has 0 aromatic rings. The summed E-state index contributed by atoms with van der Waals surface area (Å²) in [7, 11) is 0. The minimum atomic E-state index is -0.746. The van der Waals surface area contributed by atoms with Crippen LogP contribution in [0.1, 0.15) is 91.9 Å². The minimum absolute atomic E-state index is 0.267. The van der Waals surface area contributed by atoms with Gasteiger partial charge in [0, 0.05) is 0 Å². The van der Waals surface area contributed by atoms with Crippen molar-refractivity contribution in [3.8, 4) is 0 Å². The van der Waals surface area contributed by atoms with Gasteiger partial charge in [-0.05, 0) is 59.8 Å². The van der Waals surface area contributed by atoms with Crippen molar-refractivity contribution in [2.24, 2.45) is 5.41 Å². The number of hydrogen-bond acceptors (Lipinski definition) is 4. The van der Waals surface area contributed by atoms with Crippen LogP contribution < -0.4 is 0 Å². The lowest BCUT2D eigenvalue weighted by Gasteiger charge is -2.22. The van der Waals surface area contributed by atoms with E-state index in [1.165, 1.54) is 0 Å². The molecule has 0 amide bonds. The number of aliphatic hydroxyl groups is 1. The van der Waals surface area contributed by atoms with Crippen molar-refractivity contribution < 1.29 is 24.5 Å². The zero-order valence-corrected chi connectivity index (χ0v) is 15.8. The van der Waals surface area contributed by atoms with Crippen molar-refractivity contribution in [2.75, 3.05) is 0 Å². The van der Waals surface area contributed by atoms with E-state index in [0.717, 1.165) is 57.8 Å². The average Bonchev–Trinajstić information content (AvgIpc) is 2.46. The van der Waals surface area contributed by atoms with E-state index in [-0.39, 0.29) is 6.10 Å². The van der Waals surface area contributed by atoms with Gasteiger partial charge in [-0.25, -0.2) is 0 Å². The molecule has 0 aromatic carbocycles. The second kappa shape index (κ2) is 11.5. The molecule has 1 unspecified atom stereocenters. The first kappa shape index (κ1) is 22.9. The zero-order valence-electron chi connectivity index (χ0n) is 15.8. The molecule has 0 spiro atoms. The molecule has 0 radical (unpaired) electrons. The summed E-state index contributed by atoms with van der Waals surface area (Å²) in [6, 6.07) is 0. The van der Waals surface area contributed by atoms with Crippen LogP contribution in [0.5, 0.6) is 0 Å². The monoisotopic (exact) mass is 344 g/mol. The number of aliphatic carboxylic acids is 1. The van der Waals surface area contributed by atoms with Crippen LogP contribution in [-0.4, -0.2) is 34.4 Å². The summed E-state index contributed by atoms with van der Waals surface area (Å²) < 4.78 is 5.00. The number of ether oxygens (including phenoxy) is 1. The smallest absolute Gasteiger partial charge is 0.309 e. The van der Waals surface area contributed by atoms with Crippen LogP contribution in [0.4, 0.5) is 0 Å². The summed E-state index contributed by atoms with van der Waals surface area (Å²) in [5, 5.41) is 19.0. The molecule has 0 saturated heterocycles. The lowest BCUT2D eigenvalue weighted by molar-refractivity contribution is -0.147. The van der Waals surface area contributed by atoms with Gasteiger partial charge in [-0.2, -0.15) is 0 Å². The summed E-state index contributed by atoms with van der Waals surface area (Å²) in [4.78, 5) is 21.3. The Hall–Kier alpha value is -1.10. The number of carboxylic acids is 1. The number of hydrogen-bond donors (Lipinski definition) is 2. The minimum Gasteiger partial charge on any atom is -0.481 e. The average molecular weight is 344 g/mol. The van der Waals surface area contributed by atoms with E-state index >= 15 is 0 Å². The molecule has 5 nitrogen and oxygen atoms in total. The molecule has 0 rings (SSSR count). The molecule has 142 valence electrons. The molecule has 0 aromatic heterocycles. The lowest BCUT2D eigenvalue weighted by Crippen LogP contribution is -2.23. The summed E-state index contributed by atoms with van der Waals surface area (Å²) in [5.41, 5.74) is -1.05. The molecular weight excluding hydrogens is 308 g/mol. The molecule has 0 bridgehead atoms. The highest BCUT2D eigenvalue weighted by molar-refractivity contribution is 5.73. The predicted octanol–water partition coefficient (Wildman–Crippen LogP) is 4.31. The topological polar surface area (TPSA) is 83.8 Å². The van der Waals surface area contributed by atoms with E-state index < -0.39 is 17.0 Å². The summed E-state index contributed by atoms with van der Waals surface area (Å²) >= 11 is 0. The summed E-state index contributed by atoms with van der Waals surface area (Å²) in [5.74, 6) is -0.746. The third kappa shape index (κ3) is 11.4. The highest BCUT2D eigenvalue weighted by atomic mass is 16.5. The zero-order chi connectivity index (χ0) is 18.6. The molecule has 0 fully saturated rings. The SMILES string of the molecule is CC(C)(CCCCCC(O)CCCCCC(C)(C)C(=O)O)OC=O. The second-order valence-electron chi connectivity index (χ2n) is 8.02. The summed E-state index contributed by atoms with van der Waals surface area (Å²) in [6.07, 6.45) is 8.61. The highest BCUT2D eigenvalue weighted by Crippen LogP contribution is 2.24. The molecule has 0 aliphatic heterocycles. The first-order valence-corrected chi connectivity index (χ1v) is 9.14. The normalized spacial score (nSPS) is 13.5. The van der Waals surface area contributed by atoms with Gasteiger partial charge in [0.15, 0.2) is 0 Å². The Labute approximate surface area is 146 Å². The van der Waals surface area contributed by atoms with Crippen LogP contribution in [0.2, 0.25) is 0 Å². The Bertz CT molecular complexity index is 363. The fourth-order valence-electron chi connectivity index (χ4n) is 2.67. The van der Waals surface area contributed by atoms with Crippen LogP contribution in [0, 0.1) is 5.41 Å². The molecule has 2 N–H and O–H groups in total. The number of aliphatic hydroxyl groups excluding tert-OH is 1. The lowest BCUT2D eigenvalue weighted by atomic mass is 9.87. The summed E-state index contributed by atoms with van der Waals surface area (Å²) in [6.45, 7) is 7.82. The van der Waals surface area contributed by atoms with Gasteiger partial charge < -0.3 is 14.9 Å². The van der Waals surface area contributed by atoms with Crippen molar-refractivity contribution in [1.82, 2.24) is 0 Å². The molecule has 1 atom stereocenters. The third-order valence-corrected chi connectivity index (χ3v) is 4.60. The van der Waals surface area contributed by atoms with Gasteiger partial charge in [0.05, 0.1) is 11.5 Å². The first-order chi connectivity index (χ1) is 11.1. The maximum atomic E-state index is 11.0. The van der Waals surface area contributed by atoms with Crippen molar-refractivity contribution in [1.29, 1.82) is 0 Å². The number of unbranched alkanes of at least 4 members (excludes halogenated alkanes) is 4. The van der Waals surface area contributed by atoms with E-state index in [2.05, 4.69) is 0 Å². The van der Waals surface area contributed by atoms with Crippen LogP contribution in [0.15, 0.2) is 0 Å². The van der Waals surface area contributed by atoms with Crippen LogP contribution in [-0.2, 0) is 14.3 Å². The van der Waals surface area contributed by atoms with Crippen molar-refractivity contribution >= 4 is 12.4 Å². The van der Waals surface area contributed by atoms with Gasteiger partial charge in [0.2, 0.25) is 0 Å². The van der Waals surface area contributed by atoms with Gasteiger partial charge in [-0.3, -0.25) is 9.59 Å². The van der Waals surface area contributed by atoms with Crippen LogP contribution in [0.3, 0.4) is 0 Å². The van der Waals surface area contributed by atoms with Crippen molar-refractivity contribution in [3.05, 3.63) is 0 Å². The van der Waals surface area contributed by atoms with E-state index in [9.17, 15) is 14.7 Å². The van der Waals surface area contributed by atoms with Gasteiger partial charge in [-0.15, -0.1) is 0 Å². The third-order valence-electron chi connectivity index (χ3n) is 4.60. The van der Waals surface area contributed by atoms with Gasteiger partial charge in [-0.1, -0.05) is 32.1 Å². The van der Waals surface area contributed by atoms with Crippen molar-refractivity contribution in [3.63, 3.8) is 0 Å². The molecule has 5 heteroatoms. The maximum absolute atomic E-state index is 11.0. The number of carboxylic acid groups (broad SMARTS) is 1. The molecule has 24 heavy (non-hydrogen) atoms. The molecule has 0 saturated carbocycles. The Morgan fingerprint density at radius 1 is 0.958 bits per heavy atom. The first-order valence-electron chi connectivity index (χ1n) is 9.14. The van der Waals surface area contributed by atoms with E-state index in [4.69, 9.17) is 9.84 Å². The Balaban J connectivity index is 3.59. The fraction of sp³-hybridized carbons (Fsp3) is 0.895. The maximum Gasteiger partial charge on any atom is 0.309 e. The standard InChI is InChI=1S/C19H36O5/c1-18(2,17(22)23)13-9-5-7-11-16(21)12-8-6-10-14-19(3,4)24-15-20/h15-16,21H,5-14H2,1-4H3,(H,22,23). The van der Waals surface area contributed by atoms with Gasteiger partial charge in [0.25, 0.3) is 6.47 Å². The van der Waals surface area contributed by atoms with E-state index in [1.807, 2.05) is 13.8 Å². The van der Waals surface area contributed by atoms with E-state index in [0.29, 0.717) is 12.9 Å². The Morgan fingerprint density at radius 3 is 1.92 bits per heavy atom. The highest BCUT2D eigenvalue weighted by Gasteiger charge is 2.26. The van der Waals surface area contributed by atoms with Gasteiger partial charge >= 0.3 is 5.97 Å². The predicted molar refractivity (Wildman–Crippen MR) is 94.8 cm³/mol. The van der Waals surface area contributed by atoms with Crippen LogP contribution in [0.25, 0.3) is 0 Å². The molecular formula is C19H36O5. The fourth-order valence-corrected chi connectivity index (χ4v) is 2.67. The quantitative estimate of drug-likeness (QED) is 0.341. The second-order valence-corrected chi connectivity index (χ2v) is 8.02. The van der Waals surface area contributed by atoms with Gasteiger partial charge in [0.1, 0.15) is 5.60 Å². The molecule has 0 aliphatic carbocycles. The van der Waals surface area contributed by atoms with Crippen molar-refractivity contribution in [2.45, 2.75) is 104 Å². The molecule has 0 heterocycles. The Kier molecular flexibility index (Phi) is 10.9. The Morgan fingerprint density at radius 2 is 1.46 bits per heavy atom. The van der Waals surface area contributed by atoms with Crippen LogP contribution >= 0.6 is 0 Å². The van der Waals surface area contributed by atoms with E-state index in [1.54, 1.807) is 13.8 Å². The molecule has 0 aliphatic rings. The largest absolute Gasteiger partial charge is 0.481 e. The number of carbonyl (C=O) groups excluding carboxylic acids is 1. The number of carbonyl (C=O) groups is 2.